The van der Waals surface area contributed by atoms with Gasteiger partial charge in [-0.2, -0.15) is 12.7 Å². The molecule has 2 amide bonds. The van der Waals surface area contributed by atoms with Gasteiger partial charge in [-0.25, -0.2) is 13.9 Å². The van der Waals surface area contributed by atoms with Crippen LogP contribution in [0.2, 0.25) is 18.1 Å². The van der Waals surface area contributed by atoms with Gasteiger partial charge in [0, 0.05) is 45.9 Å². The normalized spacial score (nSPS) is 20.0. The van der Waals surface area contributed by atoms with Crippen LogP contribution in [0.25, 0.3) is 0 Å². The number of benzene rings is 2. The summed E-state index contributed by atoms with van der Waals surface area (Å²) in [4.78, 5) is 38.4. The van der Waals surface area contributed by atoms with Crippen molar-refractivity contribution in [2.75, 3.05) is 27.2 Å². The molecule has 2 aliphatic rings. The molecule has 0 saturated heterocycles. The lowest BCUT2D eigenvalue weighted by molar-refractivity contribution is 0.0564. The number of hydrogen-bond acceptors (Lipinski definition) is 7. The quantitative estimate of drug-likeness (QED) is 0.170. The van der Waals surface area contributed by atoms with Crippen molar-refractivity contribution < 1.29 is 22.4 Å². The highest BCUT2D eigenvalue weighted by molar-refractivity contribution is 7.87. The fourth-order valence-corrected chi connectivity index (χ4v) is 8.32. The molecule has 1 aliphatic carbocycles. The van der Waals surface area contributed by atoms with Crippen molar-refractivity contribution in [3.63, 3.8) is 0 Å². The van der Waals surface area contributed by atoms with E-state index in [1.807, 2.05) is 24.5 Å². The van der Waals surface area contributed by atoms with Gasteiger partial charge in [0.2, 0.25) is 0 Å². The van der Waals surface area contributed by atoms with Crippen LogP contribution in [-0.2, 0) is 27.6 Å². The highest BCUT2D eigenvalue weighted by Gasteiger charge is 2.47. The predicted octanol–water partition coefficient (Wildman–Crippen LogP) is 5.02. The number of imidazole rings is 2. The molecular weight excluding hydrogens is 645 g/mol. The summed E-state index contributed by atoms with van der Waals surface area (Å²) < 4.78 is 37.6. The van der Waals surface area contributed by atoms with Gasteiger partial charge in [-0.15, -0.1) is 0 Å². The second-order valence-corrected chi connectivity index (χ2v) is 21.4. The van der Waals surface area contributed by atoms with Crippen molar-refractivity contribution in [1.82, 2.24) is 27.7 Å². The summed E-state index contributed by atoms with van der Waals surface area (Å²) in [5.74, 6) is -1.64. The minimum atomic E-state index is -3.84. The van der Waals surface area contributed by atoms with Crippen LogP contribution in [0.4, 0.5) is 0 Å². The first-order valence-electron chi connectivity index (χ1n) is 16.2. The van der Waals surface area contributed by atoms with E-state index in [0.717, 1.165) is 25.2 Å². The molecule has 4 aromatic rings. The number of carbonyl (C=O) groups excluding carboxylic acids is 2. The van der Waals surface area contributed by atoms with Gasteiger partial charge in [0.05, 0.1) is 34.5 Å². The fraction of sp³-hybridized carbons (Fsp3) is 0.429. The van der Waals surface area contributed by atoms with E-state index >= 15 is 0 Å². The number of amides is 2. The van der Waals surface area contributed by atoms with Gasteiger partial charge in [0.25, 0.3) is 11.8 Å². The average molecular weight is 689 g/mol. The molecule has 13 heteroatoms. The smallest absolute Gasteiger partial charge is 0.308 e. The molecule has 48 heavy (non-hydrogen) atoms. The molecule has 3 heterocycles. The van der Waals surface area contributed by atoms with Gasteiger partial charge < -0.3 is 8.99 Å². The van der Waals surface area contributed by atoms with E-state index in [0.29, 0.717) is 36.4 Å². The number of hydrogen-bond donors (Lipinski definition) is 0. The highest BCUT2D eigenvalue weighted by atomic mass is 32.2. The number of nitrogens with zero attached hydrogens (tertiary/aromatic N) is 6. The molecule has 0 unspecified atom stereocenters. The Hall–Kier alpha value is -3.91. The molecule has 254 valence electrons. The minimum absolute atomic E-state index is 0.0270. The molecule has 2 aromatic heterocycles. The van der Waals surface area contributed by atoms with E-state index in [4.69, 9.17) is 14.4 Å². The van der Waals surface area contributed by atoms with Gasteiger partial charge in [-0.3, -0.25) is 14.5 Å². The van der Waals surface area contributed by atoms with Crippen LogP contribution in [0.3, 0.4) is 0 Å². The first-order valence-corrected chi connectivity index (χ1v) is 20.5. The van der Waals surface area contributed by atoms with Crippen molar-refractivity contribution in [1.29, 1.82) is 0 Å². The third kappa shape index (κ3) is 6.08. The molecule has 0 saturated carbocycles. The van der Waals surface area contributed by atoms with Gasteiger partial charge in [-0.1, -0.05) is 63.2 Å². The molecule has 1 aliphatic heterocycles. The van der Waals surface area contributed by atoms with E-state index in [9.17, 15) is 18.0 Å². The second-order valence-electron chi connectivity index (χ2n) is 14.6. The standard InChI is InChI=1S/C35H44N6O5SSi/c1-35(2,3)48(6,7)46-21-25-17-29-32(39(22-36-29)18-24-13-9-8-10-14-24)31(30-20-40(23-37-30)47(44,45)38(4)5)28(25)19-41-33(42)26-15-11-12-16-27(26)34(41)43/h8-16,20,22-23,25,28,31H,17-19,21H2,1-7H3/t25-,28-,31-/m1/s1. The van der Waals surface area contributed by atoms with Crippen molar-refractivity contribution in [2.24, 2.45) is 11.8 Å². The summed E-state index contributed by atoms with van der Waals surface area (Å²) in [6.45, 7) is 12.1. The highest BCUT2D eigenvalue weighted by Crippen LogP contribution is 2.46. The summed E-state index contributed by atoms with van der Waals surface area (Å²) in [5.41, 5.74) is 4.16. The van der Waals surface area contributed by atoms with Gasteiger partial charge >= 0.3 is 10.2 Å². The first kappa shape index (κ1) is 34.0. The van der Waals surface area contributed by atoms with Gasteiger partial charge in [0.15, 0.2) is 8.32 Å². The Balaban J connectivity index is 1.49. The summed E-state index contributed by atoms with van der Waals surface area (Å²) in [7, 11) is -3.09. The van der Waals surface area contributed by atoms with Crippen LogP contribution in [0, 0.1) is 11.8 Å². The topological polar surface area (TPSA) is 120 Å². The lowest BCUT2D eigenvalue weighted by Gasteiger charge is -2.42. The Morgan fingerprint density at radius 3 is 2.17 bits per heavy atom. The van der Waals surface area contributed by atoms with Crippen molar-refractivity contribution in [3.8, 4) is 0 Å². The van der Waals surface area contributed by atoms with E-state index in [1.54, 1.807) is 30.5 Å². The fourth-order valence-electron chi connectivity index (χ4n) is 6.47. The Labute approximate surface area is 283 Å². The number of carbonyl (C=O) groups is 2. The maximum Gasteiger partial charge on any atom is 0.308 e. The van der Waals surface area contributed by atoms with Crippen LogP contribution in [0.15, 0.2) is 73.4 Å². The van der Waals surface area contributed by atoms with Crippen LogP contribution >= 0.6 is 0 Å². The molecular formula is C35H44N6O5SSi. The molecule has 2 aromatic carbocycles. The Morgan fingerprint density at radius 2 is 1.56 bits per heavy atom. The van der Waals surface area contributed by atoms with Crippen molar-refractivity contribution >= 4 is 30.3 Å². The SMILES string of the molecule is CN(C)S(=O)(=O)n1cnc([C@@H]2c3c(ncn3Cc3ccccc3)C[C@H](CO[Si](C)(C)C(C)(C)C)[C@H]2CN2C(=O)c3ccccc3C2=O)c1. The second kappa shape index (κ2) is 12.5. The number of rotatable bonds is 10. The van der Waals surface area contributed by atoms with E-state index < -0.39 is 24.4 Å². The number of aromatic nitrogens is 4. The summed E-state index contributed by atoms with van der Waals surface area (Å²) in [5, 5.41) is -0.0270. The summed E-state index contributed by atoms with van der Waals surface area (Å²) in [6, 6.07) is 17.0. The van der Waals surface area contributed by atoms with Crippen LogP contribution in [-0.4, -0.2) is 83.5 Å². The monoisotopic (exact) mass is 688 g/mol. The van der Waals surface area contributed by atoms with Crippen LogP contribution in [0.5, 0.6) is 0 Å². The maximum atomic E-state index is 13.8. The lowest BCUT2D eigenvalue weighted by Crippen LogP contribution is -2.47. The largest absolute Gasteiger partial charge is 0.417 e. The first-order chi connectivity index (χ1) is 22.6. The summed E-state index contributed by atoms with van der Waals surface area (Å²) in [6.07, 6.45) is 5.27. The van der Waals surface area contributed by atoms with Crippen molar-refractivity contribution in [2.45, 2.75) is 57.8 Å². The third-order valence-electron chi connectivity index (χ3n) is 10.3. The maximum absolute atomic E-state index is 13.8. The van der Waals surface area contributed by atoms with E-state index in [-0.39, 0.29) is 35.2 Å². The predicted molar refractivity (Wildman–Crippen MR) is 185 cm³/mol. The van der Waals surface area contributed by atoms with Gasteiger partial charge in [-0.05, 0) is 54.1 Å². The zero-order valence-corrected chi connectivity index (χ0v) is 30.4. The molecule has 0 bridgehead atoms. The Morgan fingerprint density at radius 1 is 0.938 bits per heavy atom. The minimum Gasteiger partial charge on any atom is -0.417 e. The Bertz CT molecular complexity index is 1910. The molecule has 0 spiro atoms. The lowest BCUT2D eigenvalue weighted by atomic mass is 9.71. The molecule has 3 atom stereocenters. The molecule has 0 radical (unpaired) electrons. The zero-order chi connectivity index (χ0) is 34.6. The van der Waals surface area contributed by atoms with Gasteiger partial charge in [0.1, 0.15) is 6.33 Å². The van der Waals surface area contributed by atoms with Crippen LogP contribution < -0.4 is 0 Å². The molecule has 0 fully saturated rings. The number of fused-ring (bicyclic) bond motifs is 2. The van der Waals surface area contributed by atoms with Crippen molar-refractivity contribution in [3.05, 3.63) is 107 Å². The van der Waals surface area contributed by atoms with Crippen LogP contribution in [0.1, 0.15) is 70.1 Å². The summed E-state index contributed by atoms with van der Waals surface area (Å²) >= 11 is 0. The molecule has 11 nitrogen and oxygen atoms in total. The molecule has 0 N–H and O–H groups in total. The Kier molecular flexibility index (Phi) is 8.86. The number of imide groups is 1. The zero-order valence-electron chi connectivity index (χ0n) is 28.6. The molecule has 6 rings (SSSR count). The van der Waals surface area contributed by atoms with E-state index in [1.165, 1.54) is 25.3 Å². The third-order valence-corrected chi connectivity index (χ3v) is 16.5. The van der Waals surface area contributed by atoms with E-state index in [2.05, 4.69) is 50.6 Å². The average Bonchev–Trinajstić information content (AvgIpc) is 3.75.